The zero-order chi connectivity index (χ0) is 14.1. The highest BCUT2D eigenvalue weighted by atomic mass is 16.6. The van der Waals surface area contributed by atoms with Gasteiger partial charge in [0, 0.05) is 24.4 Å². The fourth-order valence-corrected chi connectivity index (χ4v) is 2.84. The number of hydrogen-bond acceptors (Lipinski definition) is 3. The molecule has 0 bridgehead atoms. The van der Waals surface area contributed by atoms with E-state index in [1.165, 1.54) is 17.3 Å². The van der Waals surface area contributed by atoms with E-state index in [2.05, 4.69) is 30.0 Å². The average molecular weight is 268 g/mol. The normalized spacial score (nSPS) is 14.9. The lowest BCUT2D eigenvalue weighted by Crippen LogP contribution is -2.24. The number of para-hydroxylation sites is 1. The standard InChI is InChI=1S/C16H16N2O2/c1-12(14-6-4-7-15(11-14)18(19)20)17-10-9-13-5-2-3-8-16(13)17/h2-8,11-12H,9-10H2,1H3. The summed E-state index contributed by atoms with van der Waals surface area (Å²) >= 11 is 0. The van der Waals surface area contributed by atoms with Crippen LogP contribution in [-0.4, -0.2) is 11.5 Å². The summed E-state index contributed by atoms with van der Waals surface area (Å²) in [5.41, 5.74) is 3.73. The summed E-state index contributed by atoms with van der Waals surface area (Å²) < 4.78 is 0. The summed E-state index contributed by atoms with van der Waals surface area (Å²) in [4.78, 5) is 12.9. The van der Waals surface area contributed by atoms with Crippen molar-refractivity contribution in [1.29, 1.82) is 0 Å². The van der Waals surface area contributed by atoms with Crippen LogP contribution in [0.2, 0.25) is 0 Å². The molecule has 4 heteroatoms. The van der Waals surface area contributed by atoms with Gasteiger partial charge >= 0.3 is 0 Å². The molecule has 1 unspecified atom stereocenters. The molecule has 1 heterocycles. The highest BCUT2D eigenvalue weighted by Crippen LogP contribution is 2.35. The Labute approximate surface area is 117 Å². The van der Waals surface area contributed by atoms with Gasteiger partial charge in [-0.15, -0.1) is 0 Å². The maximum Gasteiger partial charge on any atom is 0.269 e. The summed E-state index contributed by atoms with van der Waals surface area (Å²) in [6.45, 7) is 3.06. The van der Waals surface area contributed by atoms with Gasteiger partial charge < -0.3 is 4.90 Å². The molecule has 0 saturated heterocycles. The maximum absolute atomic E-state index is 10.9. The number of benzene rings is 2. The molecule has 0 radical (unpaired) electrons. The first-order chi connectivity index (χ1) is 9.66. The molecule has 0 amide bonds. The van der Waals surface area contributed by atoms with Crippen LogP contribution in [0.3, 0.4) is 0 Å². The van der Waals surface area contributed by atoms with E-state index in [1.807, 2.05) is 12.1 Å². The fourth-order valence-electron chi connectivity index (χ4n) is 2.84. The molecule has 0 aliphatic carbocycles. The molecule has 0 aromatic heterocycles. The van der Waals surface area contributed by atoms with Crippen LogP contribution < -0.4 is 4.90 Å². The monoisotopic (exact) mass is 268 g/mol. The molecule has 1 aliphatic rings. The molecule has 0 saturated carbocycles. The number of nitro benzene ring substituents is 1. The van der Waals surface area contributed by atoms with Gasteiger partial charge in [0.05, 0.1) is 11.0 Å². The largest absolute Gasteiger partial charge is 0.364 e. The minimum atomic E-state index is -0.339. The van der Waals surface area contributed by atoms with E-state index in [0.29, 0.717) is 0 Å². The Hall–Kier alpha value is -2.36. The Morgan fingerprint density at radius 2 is 2.00 bits per heavy atom. The Bertz CT molecular complexity index is 654. The van der Waals surface area contributed by atoms with Crippen molar-refractivity contribution in [2.45, 2.75) is 19.4 Å². The first-order valence-electron chi connectivity index (χ1n) is 6.76. The van der Waals surface area contributed by atoms with Crippen LogP contribution in [0.4, 0.5) is 11.4 Å². The third-order valence-electron chi connectivity index (χ3n) is 3.95. The predicted octanol–water partition coefficient (Wildman–Crippen LogP) is 3.72. The van der Waals surface area contributed by atoms with E-state index in [4.69, 9.17) is 0 Å². The quantitative estimate of drug-likeness (QED) is 0.629. The topological polar surface area (TPSA) is 46.4 Å². The van der Waals surface area contributed by atoms with E-state index in [0.717, 1.165) is 18.5 Å². The van der Waals surface area contributed by atoms with Crippen LogP contribution in [0.25, 0.3) is 0 Å². The van der Waals surface area contributed by atoms with Gasteiger partial charge in [-0.3, -0.25) is 10.1 Å². The van der Waals surface area contributed by atoms with Gasteiger partial charge in [0.2, 0.25) is 0 Å². The Kier molecular flexibility index (Phi) is 3.14. The van der Waals surface area contributed by atoms with Gasteiger partial charge in [0.25, 0.3) is 5.69 Å². The number of non-ortho nitro benzene ring substituents is 1. The molecule has 2 aromatic carbocycles. The molecule has 4 nitrogen and oxygen atoms in total. The second-order valence-electron chi connectivity index (χ2n) is 5.10. The SMILES string of the molecule is CC(c1cccc([N+](=O)[O-])c1)N1CCc2ccccc21. The Morgan fingerprint density at radius 1 is 1.20 bits per heavy atom. The van der Waals surface area contributed by atoms with E-state index in [-0.39, 0.29) is 16.7 Å². The van der Waals surface area contributed by atoms with Gasteiger partial charge in [-0.05, 0) is 30.5 Å². The molecule has 2 aromatic rings. The molecule has 0 spiro atoms. The van der Waals surface area contributed by atoms with Gasteiger partial charge in [0.15, 0.2) is 0 Å². The molecular weight excluding hydrogens is 252 g/mol. The van der Waals surface area contributed by atoms with Crippen LogP contribution in [0, 0.1) is 10.1 Å². The molecule has 0 fully saturated rings. The van der Waals surface area contributed by atoms with E-state index >= 15 is 0 Å². The number of rotatable bonds is 3. The molecular formula is C16H16N2O2. The van der Waals surface area contributed by atoms with E-state index < -0.39 is 0 Å². The molecule has 0 N–H and O–H groups in total. The van der Waals surface area contributed by atoms with Crippen molar-refractivity contribution in [3.05, 3.63) is 69.8 Å². The zero-order valence-corrected chi connectivity index (χ0v) is 11.3. The highest BCUT2D eigenvalue weighted by Gasteiger charge is 2.24. The van der Waals surface area contributed by atoms with E-state index in [1.54, 1.807) is 12.1 Å². The molecule has 1 aliphatic heterocycles. The molecule has 1 atom stereocenters. The van der Waals surface area contributed by atoms with Crippen molar-refractivity contribution in [2.24, 2.45) is 0 Å². The van der Waals surface area contributed by atoms with Crippen molar-refractivity contribution in [1.82, 2.24) is 0 Å². The Morgan fingerprint density at radius 3 is 2.80 bits per heavy atom. The molecule has 3 rings (SSSR count). The number of anilines is 1. The number of nitro groups is 1. The average Bonchev–Trinajstić information content (AvgIpc) is 2.90. The van der Waals surface area contributed by atoms with Crippen molar-refractivity contribution < 1.29 is 4.92 Å². The van der Waals surface area contributed by atoms with Gasteiger partial charge in [-0.2, -0.15) is 0 Å². The zero-order valence-electron chi connectivity index (χ0n) is 11.3. The van der Waals surface area contributed by atoms with Crippen molar-refractivity contribution in [2.75, 3.05) is 11.4 Å². The lowest BCUT2D eigenvalue weighted by atomic mass is 10.1. The molecule has 20 heavy (non-hydrogen) atoms. The third-order valence-corrected chi connectivity index (χ3v) is 3.95. The van der Waals surface area contributed by atoms with Crippen molar-refractivity contribution in [3.8, 4) is 0 Å². The maximum atomic E-state index is 10.9. The third kappa shape index (κ3) is 2.13. The lowest BCUT2D eigenvalue weighted by Gasteiger charge is -2.27. The lowest BCUT2D eigenvalue weighted by molar-refractivity contribution is -0.384. The summed E-state index contributed by atoms with van der Waals surface area (Å²) in [7, 11) is 0. The number of hydrogen-bond donors (Lipinski definition) is 0. The summed E-state index contributed by atoms with van der Waals surface area (Å²) in [5, 5.41) is 10.9. The van der Waals surface area contributed by atoms with Crippen LogP contribution >= 0.6 is 0 Å². The van der Waals surface area contributed by atoms with E-state index in [9.17, 15) is 10.1 Å². The van der Waals surface area contributed by atoms with Crippen LogP contribution in [0.5, 0.6) is 0 Å². The second-order valence-corrected chi connectivity index (χ2v) is 5.10. The minimum Gasteiger partial charge on any atom is -0.364 e. The van der Waals surface area contributed by atoms with Gasteiger partial charge in [-0.1, -0.05) is 30.3 Å². The predicted molar refractivity (Wildman–Crippen MR) is 79.0 cm³/mol. The smallest absolute Gasteiger partial charge is 0.269 e. The molecule has 102 valence electrons. The first-order valence-corrected chi connectivity index (χ1v) is 6.76. The minimum absolute atomic E-state index is 0.138. The van der Waals surface area contributed by atoms with Crippen LogP contribution in [0.1, 0.15) is 24.1 Å². The van der Waals surface area contributed by atoms with Crippen molar-refractivity contribution >= 4 is 11.4 Å². The van der Waals surface area contributed by atoms with Gasteiger partial charge in [0.1, 0.15) is 0 Å². The van der Waals surface area contributed by atoms with Gasteiger partial charge in [-0.25, -0.2) is 0 Å². The van der Waals surface area contributed by atoms with Crippen LogP contribution in [0.15, 0.2) is 48.5 Å². The van der Waals surface area contributed by atoms with Crippen molar-refractivity contribution in [3.63, 3.8) is 0 Å². The first kappa shape index (κ1) is 12.7. The second kappa shape index (κ2) is 4.96. The van der Waals surface area contributed by atoms with Crippen LogP contribution in [-0.2, 0) is 6.42 Å². The number of fused-ring (bicyclic) bond motifs is 1. The fraction of sp³-hybridized carbons (Fsp3) is 0.250. The number of nitrogens with zero attached hydrogens (tertiary/aromatic N) is 2. The summed E-state index contributed by atoms with van der Waals surface area (Å²) in [5.74, 6) is 0. The summed E-state index contributed by atoms with van der Waals surface area (Å²) in [6, 6.07) is 15.4. The summed E-state index contributed by atoms with van der Waals surface area (Å²) in [6.07, 6.45) is 1.04. The highest BCUT2D eigenvalue weighted by molar-refractivity contribution is 5.59. The Balaban J connectivity index is 1.92.